The van der Waals surface area contributed by atoms with E-state index in [1.54, 1.807) is 45.0 Å². The summed E-state index contributed by atoms with van der Waals surface area (Å²) in [5, 5.41) is 13.6. The molecule has 114 valence electrons. The number of hydrogen-bond acceptors (Lipinski definition) is 5. The molecule has 1 aromatic carbocycles. The van der Waals surface area contributed by atoms with Crippen molar-refractivity contribution in [1.29, 1.82) is 0 Å². The van der Waals surface area contributed by atoms with Gasteiger partial charge in [0.2, 0.25) is 0 Å². The first-order valence-electron chi connectivity index (χ1n) is 6.37. The molecule has 0 spiro atoms. The summed E-state index contributed by atoms with van der Waals surface area (Å²) in [5.41, 5.74) is 8.27. The normalized spacial score (nSPS) is 13.8. The molecule has 0 radical (unpaired) electrons. The molecule has 0 aromatic heterocycles. The van der Waals surface area contributed by atoms with Crippen LogP contribution in [0.2, 0.25) is 0 Å². The Morgan fingerprint density at radius 3 is 2.33 bits per heavy atom. The lowest BCUT2D eigenvalue weighted by Crippen LogP contribution is -2.34. The summed E-state index contributed by atoms with van der Waals surface area (Å²) in [6, 6.07) is 5.12. The lowest BCUT2D eigenvalue weighted by molar-refractivity contribution is -0.159. The van der Waals surface area contributed by atoms with Crippen LogP contribution in [0.3, 0.4) is 0 Å². The lowest BCUT2D eigenvalue weighted by Gasteiger charge is -2.24. The lowest BCUT2D eigenvalue weighted by atomic mass is 10.0. The Morgan fingerprint density at radius 1 is 1.33 bits per heavy atom. The number of benzene rings is 1. The standard InChI is InChI=1S/C14H19N3O4/c1-14(2,3)21-13(19)11(16-17-15)12(18)9-5-7-10(20-4)8-6-9/h5-8,11-12,18H,1-4H3/t11-,12+/m0/s1. The van der Waals surface area contributed by atoms with E-state index in [0.29, 0.717) is 11.3 Å². The highest BCUT2D eigenvalue weighted by molar-refractivity contribution is 5.77. The van der Waals surface area contributed by atoms with Crippen LogP contribution < -0.4 is 4.74 Å². The summed E-state index contributed by atoms with van der Waals surface area (Å²) in [6.07, 6.45) is -1.29. The van der Waals surface area contributed by atoms with Crippen LogP contribution >= 0.6 is 0 Å². The molecule has 7 heteroatoms. The fourth-order valence-electron chi connectivity index (χ4n) is 1.64. The van der Waals surface area contributed by atoms with Crippen LogP contribution in [0.25, 0.3) is 10.4 Å². The predicted molar refractivity (Wildman–Crippen MR) is 76.7 cm³/mol. The molecule has 0 unspecified atom stereocenters. The van der Waals surface area contributed by atoms with Gasteiger partial charge < -0.3 is 14.6 Å². The molecule has 0 aliphatic carbocycles. The number of esters is 1. The smallest absolute Gasteiger partial charge is 0.318 e. The van der Waals surface area contributed by atoms with E-state index in [1.807, 2.05) is 0 Å². The van der Waals surface area contributed by atoms with Crippen molar-refractivity contribution in [3.05, 3.63) is 40.3 Å². The maximum atomic E-state index is 12.0. The van der Waals surface area contributed by atoms with Gasteiger partial charge in [0.05, 0.1) is 13.2 Å². The van der Waals surface area contributed by atoms with Crippen LogP contribution in [-0.2, 0) is 9.53 Å². The van der Waals surface area contributed by atoms with E-state index in [2.05, 4.69) is 10.0 Å². The minimum Gasteiger partial charge on any atom is -0.497 e. The largest absolute Gasteiger partial charge is 0.497 e. The SMILES string of the molecule is COc1ccc([C@@H](O)[C@H](N=[N+]=[N-])C(=O)OC(C)(C)C)cc1. The molecule has 21 heavy (non-hydrogen) atoms. The summed E-state index contributed by atoms with van der Waals surface area (Å²) in [7, 11) is 1.52. The summed E-state index contributed by atoms with van der Waals surface area (Å²) in [5.74, 6) is -0.160. The third-order valence-corrected chi connectivity index (χ3v) is 2.58. The first-order chi connectivity index (χ1) is 9.78. The second-order valence-corrected chi connectivity index (χ2v) is 5.40. The molecule has 0 aliphatic rings. The van der Waals surface area contributed by atoms with Crippen LogP contribution in [-0.4, -0.2) is 29.8 Å². The molecule has 1 aromatic rings. The molecule has 2 atom stereocenters. The number of aliphatic hydroxyl groups is 1. The number of carbonyl (C=O) groups excluding carboxylic acids is 1. The second-order valence-electron chi connectivity index (χ2n) is 5.40. The third-order valence-electron chi connectivity index (χ3n) is 2.58. The first kappa shape index (κ1) is 16.8. The molecule has 7 nitrogen and oxygen atoms in total. The van der Waals surface area contributed by atoms with Gasteiger partial charge in [-0.3, -0.25) is 4.79 Å². The highest BCUT2D eigenvalue weighted by atomic mass is 16.6. The quantitative estimate of drug-likeness (QED) is 0.390. The van der Waals surface area contributed by atoms with E-state index in [0.717, 1.165) is 0 Å². The van der Waals surface area contributed by atoms with Gasteiger partial charge in [0, 0.05) is 4.91 Å². The number of ether oxygens (including phenoxy) is 2. The highest BCUT2D eigenvalue weighted by Gasteiger charge is 2.31. The Hall–Kier alpha value is -2.24. The van der Waals surface area contributed by atoms with Crippen molar-refractivity contribution in [2.45, 2.75) is 38.5 Å². The van der Waals surface area contributed by atoms with Crippen LogP contribution in [0.1, 0.15) is 32.4 Å². The Kier molecular flexibility index (Phi) is 5.58. The van der Waals surface area contributed by atoms with E-state index < -0.39 is 23.7 Å². The maximum absolute atomic E-state index is 12.0. The number of hydrogen-bond donors (Lipinski definition) is 1. The molecular weight excluding hydrogens is 274 g/mol. The van der Waals surface area contributed by atoms with E-state index >= 15 is 0 Å². The number of nitrogens with zero attached hydrogens (tertiary/aromatic N) is 3. The Balaban J connectivity index is 2.98. The number of rotatable bonds is 5. The van der Waals surface area contributed by atoms with Gasteiger partial charge in [0.1, 0.15) is 11.4 Å². The van der Waals surface area contributed by atoms with Crippen molar-refractivity contribution in [3.63, 3.8) is 0 Å². The van der Waals surface area contributed by atoms with Gasteiger partial charge in [0.25, 0.3) is 0 Å². The predicted octanol–water partition coefficient (Wildman–Crippen LogP) is 2.75. The zero-order valence-electron chi connectivity index (χ0n) is 12.5. The topological polar surface area (TPSA) is 105 Å². The molecule has 0 aliphatic heterocycles. The van der Waals surface area contributed by atoms with Crippen molar-refractivity contribution in [1.82, 2.24) is 0 Å². The molecule has 1 N–H and O–H groups in total. The van der Waals surface area contributed by atoms with Crippen LogP contribution in [0, 0.1) is 0 Å². The Bertz CT molecular complexity index is 530. The fraction of sp³-hybridized carbons (Fsp3) is 0.500. The molecule has 0 bridgehead atoms. The molecule has 0 saturated heterocycles. The van der Waals surface area contributed by atoms with Gasteiger partial charge in [-0.25, -0.2) is 0 Å². The molecule has 0 saturated carbocycles. The van der Waals surface area contributed by atoms with Gasteiger partial charge in [-0.2, -0.15) is 0 Å². The van der Waals surface area contributed by atoms with Gasteiger partial charge in [-0.05, 0) is 44.0 Å². The maximum Gasteiger partial charge on any atom is 0.318 e. The van der Waals surface area contributed by atoms with E-state index in [-0.39, 0.29) is 0 Å². The molecule has 0 amide bonds. The van der Waals surface area contributed by atoms with E-state index in [9.17, 15) is 9.90 Å². The van der Waals surface area contributed by atoms with Crippen LogP contribution in [0.15, 0.2) is 29.4 Å². The van der Waals surface area contributed by atoms with Crippen LogP contribution in [0.5, 0.6) is 5.75 Å². The number of aliphatic hydroxyl groups excluding tert-OH is 1. The van der Waals surface area contributed by atoms with Crippen molar-refractivity contribution in [2.24, 2.45) is 5.11 Å². The van der Waals surface area contributed by atoms with Gasteiger partial charge in [-0.1, -0.05) is 17.2 Å². The Morgan fingerprint density at radius 2 is 1.90 bits per heavy atom. The van der Waals surface area contributed by atoms with Gasteiger partial charge in [-0.15, -0.1) is 0 Å². The minimum atomic E-state index is -1.34. The zero-order valence-corrected chi connectivity index (χ0v) is 12.5. The van der Waals surface area contributed by atoms with Crippen molar-refractivity contribution < 1.29 is 19.4 Å². The van der Waals surface area contributed by atoms with Gasteiger partial charge >= 0.3 is 5.97 Å². The van der Waals surface area contributed by atoms with E-state index in [4.69, 9.17) is 15.0 Å². The van der Waals surface area contributed by atoms with Crippen molar-refractivity contribution >= 4 is 5.97 Å². The summed E-state index contributed by atoms with van der Waals surface area (Å²) >= 11 is 0. The number of methoxy groups -OCH3 is 1. The van der Waals surface area contributed by atoms with Crippen LogP contribution in [0.4, 0.5) is 0 Å². The average molecular weight is 293 g/mol. The summed E-state index contributed by atoms with van der Waals surface area (Å²) in [6.45, 7) is 5.08. The first-order valence-corrected chi connectivity index (χ1v) is 6.37. The van der Waals surface area contributed by atoms with E-state index in [1.165, 1.54) is 7.11 Å². The Labute approximate surface area is 123 Å². The molecule has 0 fully saturated rings. The molecule has 0 heterocycles. The summed E-state index contributed by atoms with van der Waals surface area (Å²) < 4.78 is 10.2. The average Bonchev–Trinajstić information content (AvgIpc) is 2.42. The van der Waals surface area contributed by atoms with Crippen molar-refractivity contribution in [2.75, 3.05) is 7.11 Å². The zero-order chi connectivity index (χ0) is 16.0. The number of azide groups is 1. The molecule has 1 rings (SSSR count). The van der Waals surface area contributed by atoms with Crippen molar-refractivity contribution in [3.8, 4) is 5.75 Å². The van der Waals surface area contributed by atoms with Gasteiger partial charge in [0.15, 0.2) is 6.04 Å². The monoisotopic (exact) mass is 293 g/mol. The third kappa shape index (κ3) is 4.98. The minimum absolute atomic E-state index is 0.430. The highest BCUT2D eigenvalue weighted by Crippen LogP contribution is 2.24. The summed E-state index contributed by atoms with van der Waals surface area (Å²) in [4.78, 5) is 14.6. The fourth-order valence-corrected chi connectivity index (χ4v) is 1.64. The number of carbonyl (C=O) groups is 1. The second kappa shape index (κ2) is 6.97. The molecular formula is C14H19N3O4.